The molecular formula is C23H23N3O4. The van der Waals surface area contributed by atoms with Crippen molar-refractivity contribution in [2.75, 3.05) is 19.5 Å². The van der Waals surface area contributed by atoms with Gasteiger partial charge in [0.2, 0.25) is 0 Å². The van der Waals surface area contributed by atoms with Gasteiger partial charge in [0.15, 0.2) is 0 Å². The Morgan fingerprint density at radius 2 is 1.87 bits per heavy atom. The van der Waals surface area contributed by atoms with Gasteiger partial charge in [0.25, 0.3) is 11.6 Å². The zero-order chi connectivity index (χ0) is 21.3. The second-order valence-electron chi connectivity index (χ2n) is 7.62. The van der Waals surface area contributed by atoms with Crippen LogP contribution in [0.1, 0.15) is 28.8 Å². The number of nitro groups is 1. The fraction of sp³-hybridized carbons (Fsp3) is 0.261. The van der Waals surface area contributed by atoms with Crippen LogP contribution in [0.3, 0.4) is 0 Å². The number of benzene rings is 3. The highest BCUT2D eigenvalue weighted by molar-refractivity contribution is 5.95. The van der Waals surface area contributed by atoms with Gasteiger partial charge in [-0.15, -0.1) is 0 Å². The number of carbonyl (C=O) groups is 1. The Balaban J connectivity index is 1.52. The van der Waals surface area contributed by atoms with Crippen LogP contribution in [0.25, 0.3) is 10.8 Å². The highest BCUT2D eigenvalue weighted by Gasteiger charge is 2.26. The van der Waals surface area contributed by atoms with Crippen LogP contribution >= 0.6 is 0 Å². The Labute approximate surface area is 174 Å². The zero-order valence-corrected chi connectivity index (χ0v) is 16.9. The molecule has 7 nitrogen and oxygen atoms in total. The minimum Gasteiger partial charge on any atom is -0.497 e. The molecule has 0 saturated heterocycles. The summed E-state index contributed by atoms with van der Waals surface area (Å²) in [6, 6.07) is 16.8. The second-order valence-corrected chi connectivity index (χ2v) is 7.62. The predicted octanol–water partition coefficient (Wildman–Crippen LogP) is 4.60. The fourth-order valence-corrected chi connectivity index (χ4v) is 3.45. The number of nitro benzene ring substituents is 1. The van der Waals surface area contributed by atoms with Gasteiger partial charge in [-0.1, -0.05) is 18.2 Å². The van der Waals surface area contributed by atoms with Crippen LogP contribution in [-0.4, -0.2) is 35.9 Å². The lowest BCUT2D eigenvalue weighted by Crippen LogP contribution is -2.26. The van der Waals surface area contributed by atoms with Crippen molar-refractivity contribution in [2.45, 2.75) is 25.4 Å². The van der Waals surface area contributed by atoms with Crippen LogP contribution in [0.5, 0.6) is 5.75 Å². The van der Waals surface area contributed by atoms with Gasteiger partial charge in [-0.2, -0.15) is 0 Å². The predicted molar refractivity (Wildman–Crippen MR) is 116 cm³/mol. The Morgan fingerprint density at radius 3 is 2.57 bits per heavy atom. The van der Waals surface area contributed by atoms with Crippen LogP contribution in [0, 0.1) is 10.1 Å². The molecular weight excluding hydrogens is 382 g/mol. The van der Waals surface area contributed by atoms with Gasteiger partial charge in [0.1, 0.15) is 11.4 Å². The van der Waals surface area contributed by atoms with Crippen LogP contribution in [0.15, 0.2) is 54.6 Å². The summed E-state index contributed by atoms with van der Waals surface area (Å²) in [4.78, 5) is 25.5. The minimum absolute atomic E-state index is 0.0687. The number of nitrogens with one attached hydrogen (secondary N) is 1. The van der Waals surface area contributed by atoms with E-state index in [1.54, 1.807) is 31.2 Å². The number of anilines is 1. The number of nitrogens with zero attached hydrogens (tertiary/aromatic N) is 2. The number of carbonyl (C=O) groups excluding carboxylic acids is 1. The molecule has 3 aromatic rings. The van der Waals surface area contributed by atoms with E-state index in [2.05, 4.69) is 5.32 Å². The van der Waals surface area contributed by atoms with Crippen molar-refractivity contribution >= 4 is 28.1 Å². The van der Waals surface area contributed by atoms with Crippen molar-refractivity contribution in [3.8, 4) is 5.75 Å². The average Bonchev–Trinajstić information content (AvgIpc) is 3.57. The number of hydrogen-bond acceptors (Lipinski definition) is 5. The van der Waals surface area contributed by atoms with E-state index in [-0.39, 0.29) is 11.6 Å². The first kappa shape index (κ1) is 19.7. The van der Waals surface area contributed by atoms with Crippen LogP contribution in [-0.2, 0) is 6.54 Å². The third-order valence-corrected chi connectivity index (χ3v) is 5.26. The normalized spacial score (nSPS) is 13.1. The molecule has 7 heteroatoms. The molecule has 1 saturated carbocycles. The molecule has 1 amide bonds. The van der Waals surface area contributed by atoms with Crippen LogP contribution < -0.4 is 10.1 Å². The van der Waals surface area contributed by atoms with E-state index in [0.29, 0.717) is 23.8 Å². The van der Waals surface area contributed by atoms with Gasteiger partial charge in [0.05, 0.1) is 12.0 Å². The highest BCUT2D eigenvalue weighted by Crippen LogP contribution is 2.32. The Morgan fingerprint density at radius 1 is 1.13 bits per heavy atom. The van der Waals surface area contributed by atoms with E-state index in [1.807, 2.05) is 36.4 Å². The lowest BCUT2D eigenvalue weighted by Gasteiger charge is -2.18. The third-order valence-electron chi connectivity index (χ3n) is 5.26. The summed E-state index contributed by atoms with van der Waals surface area (Å²) in [5, 5.41) is 16.7. The van der Waals surface area contributed by atoms with Gasteiger partial charge < -0.3 is 15.0 Å². The molecule has 0 radical (unpaired) electrons. The molecule has 0 aromatic heterocycles. The number of hydrogen-bond donors (Lipinski definition) is 1. The Kier molecular flexibility index (Phi) is 5.27. The lowest BCUT2D eigenvalue weighted by molar-refractivity contribution is -0.384. The molecule has 1 fully saturated rings. The van der Waals surface area contributed by atoms with Gasteiger partial charge in [-0.05, 0) is 59.5 Å². The summed E-state index contributed by atoms with van der Waals surface area (Å²) in [6.45, 7) is 0.399. The van der Waals surface area contributed by atoms with Gasteiger partial charge in [-0.3, -0.25) is 14.9 Å². The largest absolute Gasteiger partial charge is 0.497 e. The van der Waals surface area contributed by atoms with Crippen molar-refractivity contribution in [2.24, 2.45) is 0 Å². The minimum atomic E-state index is -0.445. The molecule has 4 rings (SSSR count). The molecule has 30 heavy (non-hydrogen) atoms. The molecule has 3 aromatic carbocycles. The monoisotopic (exact) mass is 405 g/mol. The molecule has 154 valence electrons. The van der Waals surface area contributed by atoms with Gasteiger partial charge in [0, 0.05) is 31.3 Å². The van der Waals surface area contributed by atoms with E-state index < -0.39 is 4.92 Å². The number of fused-ring (bicyclic) bond motifs is 1. The molecule has 0 unspecified atom stereocenters. The van der Waals surface area contributed by atoms with Crippen molar-refractivity contribution in [1.82, 2.24) is 4.90 Å². The van der Waals surface area contributed by atoms with Crippen LogP contribution in [0.2, 0.25) is 0 Å². The van der Waals surface area contributed by atoms with E-state index in [9.17, 15) is 14.9 Å². The summed E-state index contributed by atoms with van der Waals surface area (Å²) in [5.41, 5.74) is 1.67. The number of ether oxygens (including phenoxy) is 1. The van der Waals surface area contributed by atoms with E-state index >= 15 is 0 Å². The fourth-order valence-electron chi connectivity index (χ4n) is 3.45. The first-order valence-electron chi connectivity index (χ1n) is 9.82. The highest BCUT2D eigenvalue weighted by atomic mass is 16.6. The molecule has 1 aliphatic rings. The van der Waals surface area contributed by atoms with E-state index in [4.69, 9.17) is 4.74 Å². The summed E-state index contributed by atoms with van der Waals surface area (Å²) in [7, 11) is 3.33. The van der Waals surface area contributed by atoms with Crippen LogP contribution in [0.4, 0.5) is 11.4 Å². The SMILES string of the molecule is COc1ccc2cc(CN(C)C(=O)c3ccc(NC4CC4)c([N+](=O)[O-])c3)ccc2c1. The quantitative estimate of drug-likeness (QED) is 0.459. The summed E-state index contributed by atoms with van der Waals surface area (Å²) in [5.74, 6) is 0.537. The topological polar surface area (TPSA) is 84.7 Å². The maximum Gasteiger partial charge on any atom is 0.293 e. The number of rotatable bonds is 7. The molecule has 0 bridgehead atoms. The molecule has 0 heterocycles. The lowest BCUT2D eigenvalue weighted by atomic mass is 10.1. The molecule has 0 spiro atoms. The summed E-state index contributed by atoms with van der Waals surface area (Å²) < 4.78 is 5.25. The van der Waals surface area contributed by atoms with Crippen molar-refractivity contribution < 1.29 is 14.5 Å². The van der Waals surface area contributed by atoms with Crippen molar-refractivity contribution in [3.63, 3.8) is 0 Å². The first-order valence-corrected chi connectivity index (χ1v) is 9.82. The van der Waals surface area contributed by atoms with Gasteiger partial charge >= 0.3 is 0 Å². The van der Waals surface area contributed by atoms with Crippen molar-refractivity contribution in [3.05, 3.63) is 75.8 Å². The molecule has 0 atom stereocenters. The zero-order valence-electron chi connectivity index (χ0n) is 16.9. The maximum atomic E-state index is 12.9. The number of amides is 1. The smallest absolute Gasteiger partial charge is 0.293 e. The summed E-state index contributed by atoms with van der Waals surface area (Å²) in [6.07, 6.45) is 2.03. The summed E-state index contributed by atoms with van der Waals surface area (Å²) >= 11 is 0. The van der Waals surface area contributed by atoms with Crippen molar-refractivity contribution in [1.29, 1.82) is 0 Å². The van der Waals surface area contributed by atoms with Gasteiger partial charge in [-0.25, -0.2) is 0 Å². The second kappa shape index (κ2) is 8.02. The first-order chi connectivity index (χ1) is 14.4. The average molecular weight is 405 g/mol. The van der Waals surface area contributed by atoms with E-state index in [1.165, 1.54) is 6.07 Å². The number of methoxy groups -OCH3 is 1. The Bertz CT molecular complexity index is 1120. The third kappa shape index (κ3) is 4.20. The molecule has 0 aliphatic heterocycles. The molecule has 1 N–H and O–H groups in total. The maximum absolute atomic E-state index is 12.9. The Hall–Kier alpha value is -3.61. The standard InChI is InChI=1S/C23H23N3O4/c1-25(14-15-3-4-17-12-20(30-2)9-5-16(17)11-15)23(27)18-6-10-21(24-19-7-8-19)22(13-18)26(28)29/h3-6,9-13,19,24H,7-8,14H2,1-2H3. The van der Waals surface area contributed by atoms with E-state index in [0.717, 1.165) is 34.9 Å². The molecule has 1 aliphatic carbocycles.